The second-order valence-electron chi connectivity index (χ2n) is 4.81. The van der Waals surface area contributed by atoms with Gasteiger partial charge in [-0.1, -0.05) is 61.9 Å². The first-order chi connectivity index (χ1) is 9.81. The van der Waals surface area contributed by atoms with Crippen LogP contribution in [0, 0.1) is 0 Å². The summed E-state index contributed by atoms with van der Waals surface area (Å²) in [6.45, 7) is 2.14. The summed E-state index contributed by atoms with van der Waals surface area (Å²) in [7, 11) is 0. The predicted octanol–water partition coefficient (Wildman–Crippen LogP) is 4.77. The molecule has 2 heteroatoms. The second kappa shape index (κ2) is 7.49. The van der Waals surface area contributed by atoms with Gasteiger partial charge in [0.05, 0.1) is 5.56 Å². The van der Waals surface area contributed by atoms with E-state index in [0.717, 1.165) is 24.8 Å². The number of rotatable bonds is 6. The first-order valence-corrected chi connectivity index (χ1v) is 7.12. The standard InChI is InChI=1S/C18H20O2/c1-2-3-14-17(15-10-6-4-7-11-15)20-18(19)16-12-8-5-9-13-16/h4-13,17H,2-3,14H2,1H3/t17-/m0/s1. The van der Waals surface area contributed by atoms with E-state index in [1.54, 1.807) is 12.1 Å². The van der Waals surface area contributed by atoms with Crippen LogP contribution in [-0.4, -0.2) is 5.97 Å². The third-order valence-corrected chi connectivity index (χ3v) is 3.25. The third-order valence-electron chi connectivity index (χ3n) is 3.25. The van der Waals surface area contributed by atoms with Crippen molar-refractivity contribution < 1.29 is 9.53 Å². The lowest BCUT2D eigenvalue weighted by Crippen LogP contribution is -2.11. The molecule has 0 amide bonds. The van der Waals surface area contributed by atoms with Crippen LogP contribution in [0.2, 0.25) is 0 Å². The zero-order valence-electron chi connectivity index (χ0n) is 11.8. The third kappa shape index (κ3) is 3.95. The fraction of sp³-hybridized carbons (Fsp3) is 0.278. The maximum absolute atomic E-state index is 12.2. The fourth-order valence-corrected chi connectivity index (χ4v) is 2.12. The van der Waals surface area contributed by atoms with Crippen molar-refractivity contribution in [3.8, 4) is 0 Å². The molecular formula is C18H20O2. The van der Waals surface area contributed by atoms with Crippen LogP contribution in [0.1, 0.15) is 48.2 Å². The van der Waals surface area contributed by atoms with Crippen molar-refractivity contribution in [1.82, 2.24) is 0 Å². The van der Waals surface area contributed by atoms with E-state index in [-0.39, 0.29) is 12.1 Å². The molecule has 0 aliphatic heterocycles. The highest BCUT2D eigenvalue weighted by Gasteiger charge is 2.17. The molecule has 0 saturated carbocycles. The van der Waals surface area contributed by atoms with Gasteiger partial charge >= 0.3 is 5.97 Å². The van der Waals surface area contributed by atoms with Crippen LogP contribution in [-0.2, 0) is 4.74 Å². The molecule has 0 spiro atoms. The Morgan fingerprint density at radius 1 is 1.00 bits per heavy atom. The SMILES string of the molecule is CCCC[C@H](OC(=O)c1ccccc1)c1ccccc1. The van der Waals surface area contributed by atoms with Gasteiger partial charge in [0.15, 0.2) is 0 Å². The minimum absolute atomic E-state index is 0.163. The normalized spacial score (nSPS) is 11.8. The molecule has 2 aromatic carbocycles. The summed E-state index contributed by atoms with van der Waals surface area (Å²) in [5.74, 6) is -0.254. The van der Waals surface area contributed by atoms with Crippen LogP contribution < -0.4 is 0 Å². The lowest BCUT2D eigenvalue weighted by Gasteiger charge is -2.18. The lowest BCUT2D eigenvalue weighted by molar-refractivity contribution is 0.0271. The predicted molar refractivity (Wildman–Crippen MR) is 80.6 cm³/mol. The van der Waals surface area contributed by atoms with E-state index < -0.39 is 0 Å². The van der Waals surface area contributed by atoms with E-state index in [1.807, 2.05) is 48.5 Å². The largest absolute Gasteiger partial charge is 0.454 e. The molecule has 1 atom stereocenters. The average Bonchev–Trinajstić information content (AvgIpc) is 2.53. The summed E-state index contributed by atoms with van der Waals surface area (Å²) in [6, 6.07) is 19.1. The molecule has 0 saturated heterocycles. The molecule has 0 N–H and O–H groups in total. The van der Waals surface area contributed by atoms with E-state index in [1.165, 1.54) is 0 Å². The first kappa shape index (κ1) is 14.3. The summed E-state index contributed by atoms with van der Waals surface area (Å²) in [5.41, 5.74) is 1.66. The van der Waals surface area contributed by atoms with E-state index in [2.05, 4.69) is 6.92 Å². The van der Waals surface area contributed by atoms with Crippen LogP contribution >= 0.6 is 0 Å². The molecule has 2 rings (SSSR count). The summed E-state index contributed by atoms with van der Waals surface area (Å²) in [4.78, 5) is 12.2. The van der Waals surface area contributed by atoms with Gasteiger partial charge < -0.3 is 4.74 Å². The minimum Gasteiger partial charge on any atom is -0.454 e. The fourth-order valence-electron chi connectivity index (χ4n) is 2.12. The topological polar surface area (TPSA) is 26.3 Å². The highest BCUT2D eigenvalue weighted by Crippen LogP contribution is 2.24. The number of benzene rings is 2. The number of hydrogen-bond acceptors (Lipinski definition) is 2. The number of hydrogen-bond donors (Lipinski definition) is 0. The molecule has 0 unspecified atom stereocenters. The van der Waals surface area contributed by atoms with Crippen molar-refractivity contribution in [3.05, 3.63) is 71.8 Å². The Kier molecular flexibility index (Phi) is 5.36. The van der Waals surface area contributed by atoms with Gasteiger partial charge in [-0.2, -0.15) is 0 Å². The van der Waals surface area contributed by atoms with Crippen molar-refractivity contribution in [2.45, 2.75) is 32.3 Å². The Morgan fingerprint density at radius 2 is 1.60 bits per heavy atom. The van der Waals surface area contributed by atoms with E-state index in [9.17, 15) is 4.79 Å². The average molecular weight is 268 g/mol. The Labute approximate surface area is 120 Å². The van der Waals surface area contributed by atoms with Crippen molar-refractivity contribution in [1.29, 1.82) is 0 Å². The van der Waals surface area contributed by atoms with Crippen molar-refractivity contribution in [2.75, 3.05) is 0 Å². The Balaban J connectivity index is 2.10. The van der Waals surface area contributed by atoms with Gasteiger partial charge in [-0.05, 0) is 30.5 Å². The zero-order chi connectivity index (χ0) is 14.2. The van der Waals surface area contributed by atoms with Gasteiger partial charge in [-0.15, -0.1) is 0 Å². The van der Waals surface area contributed by atoms with E-state index in [4.69, 9.17) is 4.74 Å². The smallest absolute Gasteiger partial charge is 0.338 e. The number of unbranched alkanes of at least 4 members (excludes halogenated alkanes) is 1. The Hall–Kier alpha value is -2.09. The molecule has 2 nitrogen and oxygen atoms in total. The highest BCUT2D eigenvalue weighted by atomic mass is 16.5. The number of ether oxygens (including phenoxy) is 1. The Morgan fingerprint density at radius 3 is 2.20 bits per heavy atom. The van der Waals surface area contributed by atoms with Crippen LogP contribution in [0.4, 0.5) is 0 Å². The molecular weight excluding hydrogens is 248 g/mol. The quantitative estimate of drug-likeness (QED) is 0.705. The van der Waals surface area contributed by atoms with Gasteiger partial charge in [0, 0.05) is 0 Å². The van der Waals surface area contributed by atoms with E-state index >= 15 is 0 Å². The van der Waals surface area contributed by atoms with Crippen molar-refractivity contribution in [3.63, 3.8) is 0 Å². The molecule has 0 fully saturated rings. The number of esters is 1. The molecule has 0 heterocycles. The lowest BCUT2D eigenvalue weighted by atomic mass is 10.0. The summed E-state index contributed by atoms with van der Waals surface area (Å²) in [5, 5.41) is 0. The van der Waals surface area contributed by atoms with Gasteiger partial charge in [0.2, 0.25) is 0 Å². The maximum atomic E-state index is 12.2. The number of carbonyl (C=O) groups is 1. The molecule has 0 aromatic heterocycles. The summed E-state index contributed by atoms with van der Waals surface area (Å²) < 4.78 is 5.69. The van der Waals surface area contributed by atoms with Crippen molar-refractivity contribution >= 4 is 5.97 Å². The molecule has 0 aliphatic rings. The second-order valence-corrected chi connectivity index (χ2v) is 4.81. The van der Waals surface area contributed by atoms with Gasteiger partial charge in [0.25, 0.3) is 0 Å². The summed E-state index contributed by atoms with van der Waals surface area (Å²) >= 11 is 0. The first-order valence-electron chi connectivity index (χ1n) is 7.12. The van der Waals surface area contributed by atoms with Gasteiger partial charge in [-0.3, -0.25) is 0 Å². The molecule has 0 radical (unpaired) electrons. The van der Waals surface area contributed by atoms with Crippen molar-refractivity contribution in [2.24, 2.45) is 0 Å². The molecule has 20 heavy (non-hydrogen) atoms. The number of carbonyl (C=O) groups excluding carboxylic acids is 1. The molecule has 2 aromatic rings. The molecule has 104 valence electrons. The summed E-state index contributed by atoms with van der Waals surface area (Å²) in [6.07, 6.45) is 2.83. The van der Waals surface area contributed by atoms with Gasteiger partial charge in [0.1, 0.15) is 6.10 Å². The van der Waals surface area contributed by atoms with Gasteiger partial charge in [-0.25, -0.2) is 4.79 Å². The minimum atomic E-state index is -0.254. The van der Waals surface area contributed by atoms with Crippen LogP contribution in [0.15, 0.2) is 60.7 Å². The maximum Gasteiger partial charge on any atom is 0.338 e. The van der Waals surface area contributed by atoms with Crippen LogP contribution in [0.3, 0.4) is 0 Å². The molecule has 0 bridgehead atoms. The highest BCUT2D eigenvalue weighted by molar-refractivity contribution is 5.89. The van der Waals surface area contributed by atoms with E-state index in [0.29, 0.717) is 5.56 Å². The zero-order valence-corrected chi connectivity index (χ0v) is 11.8. The monoisotopic (exact) mass is 268 g/mol. The Bertz CT molecular complexity index is 520. The van der Waals surface area contributed by atoms with Crippen LogP contribution in [0.5, 0.6) is 0 Å². The molecule has 0 aliphatic carbocycles. The van der Waals surface area contributed by atoms with Crippen LogP contribution in [0.25, 0.3) is 0 Å².